The number of aliphatic hydroxyl groups excluding tert-OH is 1. The molecule has 1 aromatic rings. The van der Waals surface area contributed by atoms with Crippen molar-refractivity contribution in [2.24, 2.45) is 0 Å². The molecule has 0 spiro atoms. The summed E-state index contributed by atoms with van der Waals surface area (Å²) in [6.45, 7) is 11.7. The number of nitrogens with zero attached hydrogens (tertiary/aromatic N) is 3. The number of unbranched alkanes of at least 4 members (excludes halogenated alkanes) is 13. The molecule has 1 aromatic heterocycles. The lowest BCUT2D eigenvalue weighted by molar-refractivity contribution is -0.133. The number of aliphatic hydroxyl groups is 1. The molecule has 0 atom stereocenters. The van der Waals surface area contributed by atoms with Crippen molar-refractivity contribution in [3.8, 4) is 0 Å². The maximum absolute atomic E-state index is 9.31. The zero-order valence-corrected chi connectivity index (χ0v) is 23.1. The molecule has 0 saturated heterocycles. The highest BCUT2D eigenvalue weighted by Gasteiger charge is 2.25. The van der Waals surface area contributed by atoms with Crippen molar-refractivity contribution in [2.45, 2.75) is 149 Å². The molecular formula is C28H55N3O3. The second kappa shape index (κ2) is 18.3. The Balaban J connectivity index is 2.00. The summed E-state index contributed by atoms with van der Waals surface area (Å²) in [6, 6.07) is 0. The van der Waals surface area contributed by atoms with Crippen LogP contribution in [-0.4, -0.2) is 51.1 Å². The minimum atomic E-state index is -0.547. The van der Waals surface area contributed by atoms with E-state index in [2.05, 4.69) is 17.2 Å². The summed E-state index contributed by atoms with van der Waals surface area (Å²) in [4.78, 5) is 0. The summed E-state index contributed by atoms with van der Waals surface area (Å²) in [5, 5.41) is 17.9. The lowest BCUT2D eigenvalue weighted by Crippen LogP contribution is -2.39. The number of ether oxygens (including phenoxy) is 2. The quantitative estimate of drug-likeness (QED) is 0.172. The molecule has 200 valence electrons. The van der Waals surface area contributed by atoms with E-state index in [-0.39, 0.29) is 6.61 Å². The van der Waals surface area contributed by atoms with Crippen molar-refractivity contribution >= 4 is 0 Å². The van der Waals surface area contributed by atoms with Crippen molar-refractivity contribution in [3.05, 3.63) is 11.9 Å². The van der Waals surface area contributed by atoms with Crippen LogP contribution in [0.3, 0.4) is 0 Å². The maximum Gasteiger partial charge on any atom is 0.0860 e. The monoisotopic (exact) mass is 481 g/mol. The zero-order valence-electron chi connectivity index (χ0n) is 23.1. The van der Waals surface area contributed by atoms with Crippen LogP contribution in [0.1, 0.15) is 130 Å². The Morgan fingerprint density at radius 1 is 0.765 bits per heavy atom. The van der Waals surface area contributed by atoms with Gasteiger partial charge >= 0.3 is 0 Å². The third-order valence-corrected chi connectivity index (χ3v) is 6.38. The summed E-state index contributed by atoms with van der Waals surface area (Å²) < 4.78 is 13.6. The van der Waals surface area contributed by atoms with Gasteiger partial charge in [-0.05, 0) is 40.5 Å². The van der Waals surface area contributed by atoms with Gasteiger partial charge in [0.1, 0.15) is 0 Å². The third kappa shape index (κ3) is 16.6. The van der Waals surface area contributed by atoms with Crippen LogP contribution in [0.15, 0.2) is 6.20 Å². The van der Waals surface area contributed by atoms with Gasteiger partial charge in [0.2, 0.25) is 0 Å². The first-order chi connectivity index (χ1) is 16.3. The van der Waals surface area contributed by atoms with E-state index < -0.39 is 11.2 Å². The average molecular weight is 482 g/mol. The molecule has 0 bridgehead atoms. The Morgan fingerprint density at radius 3 is 1.82 bits per heavy atom. The second-order valence-electron chi connectivity index (χ2n) is 11.1. The van der Waals surface area contributed by atoms with Crippen molar-refractivity contribution in [3.63, 3.8) is 0 Å². The zero-order chi connectivity index (χ0) is 25.1. The van der Waals surface area contributed by atoms with E-state index in [0.717, 1.165) is 12.1 Å². The Bertz CT molecular complexity index is 601. The lowest BCUT2D eigenvalue weighted by Gasteiger charge is -2.30. The van der Waals surface area contributed by atoms with Crippen molar-refractivity contribution in [1.29, 1.82) is 0 Å². The largest absolute Gasteiger partial charge is 0.393 e. The molecule has 0 aromatic carbocycles. The number of hydrogen-bond donors (Lipinski definition) is 1. The Kier molecular flexibility index (Phi) is 16.7. The normalized spacial score (nSPS) is 12.5. The highest BCUT2D eigenvalue weighted by Crippen LogP contribution is 2.16. The van der Waals surface area contributed by atoms with E-state index in [0.29, 0.717) is 19.8 Å². The molecule has 6 nitrogen and oxygen atoms in total. The first-order valence-electron chi connectivity index (χ1n) is 14.1. The van der Waals surface area contributed by atoms with Crippen LogP contribution in [0.4, 0.5) is 0 Å². The number of aryl methyl sites for hydroxylation is 1. The fourth-order valence-electron chi connectivity index (χ4n) is 3.93. The number of aromatic nitrogens is 3. The van der Waals surface area contributed by atoms with Crippen LogP contribution in [0.5, 0.6) is 0 Å². The smallest absolute Gasteiger partial charge is 0.0860 e. The van der Waals surface area contributed by atoms with Crippen LogP contribution >= 0.6 is 0 Å². The average Bonchev–Trinajstić information content (AvgIpc) is 3.25. The molecule has 1 rings (SSSR count). The molecule has 0 fully saturated rings. The molecule has 1 heterocycles. The Morgan fingerprint density at radius 2 is 1.29 bits per heavy atom. The van der Waals surface area contributed by atoms with E-state index in [1.807, 2.05) is 38.6 Å². The van der Waals surface area contributed by atoms with Crippen molar-refractivity contribution in [1.82, 2.24) is 15.0 Å². The van der Waals surface area contributed by atoms with Crippen LogP contribution < -0.4 is 0 Å². The van der Waals surface area contributed by atoms with Gasteiger partial charge in [0.25, 0.3) is 0 Å². The Hall–Kier alpha value is -0.980. The molecule has 0 saturated carbocycles. The van der Waals surface area contributed by atoms with Crippen molar-refractivity contribution < 1.29 is 14.6 Å². The molecule has 0 amide bonds. The predicted molar refractivity (Wildman–Crippen MR) is 141 cm³/mol. The molecule has 0 aliphatic rings. The minimum absolute atomic E-state index is 0.00980. The van der Waals surface area contributed by atoms with Gasteiger partial charge in [-0.3, -0.25) is 0 Å². The molecule has 0 unspecified atom stereocenters. The summed E-state index contributed by atoms with van der Waals surface area (Å²) in [6.07, 6.45) is 22.4. The highest BCUT2D eigenvalue weighted by atomic mass is 16.6. The molecule has 0 aliphatic carbocycles. The molecular weight excluding hydrogens is 426 g/mol. The fourth-order valence-corrected chi connectivity index (χ4v) is 3.93. The van der Waals surface area contributed by atoms with Crippen LogP contribution in [0.2, 0.25) is 0 Å². The highest BCUT2D eigenvalue weighted by molar-refractivity contribution is 4.92. The summed E-state index contributed by atoms with van der Waals surface area (Å²) in [5.41, 5.74) is 0.116. The third-order valence-electron chi connectivity index (χ3n) is 6.38. The van der Waals surface area contributed by atoms with Gasteiger partial charge in [0, 0.05) is 6.20 Å². The maximum atomic E-state index is 9.31. The van der Waals surface area contributed by atoms with E-state index >= 15 is 0 Å². The topological polar surface area (TPSA) is 69.4 Å². The summed E-state index contributed by atoms with van der Waals surface area (Å²) in [7, 11) is 0. The van der Waals surface area contributed by atoms with Gasteiger partial charge < -0.3 is 14.6 Å². The van der Waals surface area contributed by atoms with Gasteiger partial charge in [0.15, 0.2) is 0 Å². The van der Waals surface area contributed by atoms with Gasteiger partial charge in [0.05, 0.1) is 43.3 Å². The lowest BCUT2D eigenvalue weighted by atomic mass is 10.0. The predicted octanol–water partition coefficient (Wildman–Crippen LogP) is 6.88. The van der Waals surface area contributed by atoms with Crippen LogP contribution in [0, 0.1) is 0 Å². The van der Waals surface area contributed by atoms with Crippen molar-refractivity contribution in [2.75, 3.05) is 19.8 Å². The van der Waals surface area contributed by atoms with Gasteiger partial charge in [-0.15, -0.1) is 5.10 Å². The van der Waals surface area contributed by atoms with Crippen LogP contribution in [0.25, 0.3) is 0 Å². The van der Waals surface area contributed by atoms with Gasteiger partial charge in [-0.2, -0.15) is 0 Å². The van der Waals surface area contributed by atoms with Gasteiger partial charge in [-0.1, -0.05) is 95.6 Å². The number of hydrogen-bond acceptors (Lipinski definition) is 5. The summed E-state index contributed by atoms with van der Waals surface area (Å²) in [5.74, 6) is 0. The van der Waals surface area contributed by atoms with Gasteiger partial charge in [-0.25, -0.2) is 4.68 Å². The molecule has 6 heteroatoms. The SMILES string of the molecule is CCCCCCCCCCCCCCCCc1cn(CCOC(C)(C)COC(C)(C)CO)nn1. The Labute approximate surface area is 210 Å². The second-order valence-corrected chi connectivity index (χ2v) is 11.1. The molecule has 0 radical (unpaired) electrons. The first kappa shape index (κ1) is 31.1. The van der Waals surface area contributed by atoms with Crippen LogP contribution in [-0.2, 0) is 22.4 Å². The fraction of sp³-hybridized carbons (Fsp3) is 0.929. The number of rotatable bonds is 23. The molecule has 0 aliphatic heterocycles. The molecule has 1 N–H and O–H groups in total. The van der Waals surface area contributed by atoms with E-state index in [1.54, 1.807) is 0 Å². The van der Waals surface area contributed by atoms with E-state index in [4.69, 9.17) is 9.47 Å². The molecule has 34 heavy (non-hydrogen) atoms. The first-order valence-corrected chi connectivity index (χ1v) is 14.1. The summed E-state index contributed by atoms with van der Waals surface area (Å²) >= 11 is 0. The standard InChI is InChI=1S/C28H55N3O3/c1-6-7-8-9-10-11-12-13-14-15-16-17-18-19-20-26-23-31(30-29-26)21-22-33-28(4,5)25-34-27(2,3)24-32/h23,32H,6-22,24-25H2,1-5H3. The van der Waals surface area contributed by atoms with E-state index in [9.17, 15) is 5.11 Å². The minimum Gasteiger partial charge on any atom is -0.393 e. The van der Waals surface area contributed by atoms with E-state index in [1.165, 1.54) is 89.9 Å².